The van der Waals surface area contributed by atoms with Gasteiger partial charge in [0.15, 0.2) is 15.9 Å². The number of rotatable bonds is 5. The zero-order valence-corrected chi connectivity index (χ0v) is 14.9. The van der Waals surface area contributed by atoms with Gasteiger partial charge in [-0.05, 0) is 18.6 Å². The molecule has 6 nitrogen and oxygen atoms in total. The molecule has 0 spiro atoms. The fourth-order valence-corrected chi connectivity index (χ4v) is 4.40. The highest BCUT2D eigenvalue weighted by Gasteiger charge is 2.44. The molecule has 0 saturated carbocycles. The predicted molar refractivity (Wildman–Crippen MR) is 88.1 cm³/mol. The van der Waals surface area contributed by atoms with Crippen LogP contribution in [0.1, 0.15) is 20.3 Å². The van der Waals surface area contributed by atoms with Crippen molar-refractivity contribution in [2.24, 2.45) is 11.8 Å². The number of methoxy groups -OCH3 is 1. The Bertz CT molecular complexity index is 657. The van der Waals surface area contributed by atoms with Crippen molar-refractivity contribution in [3.8, 4) is 0 Å². The van der Waals surface area contributed by atoms with Crippen molar-refractivity contribution < 1.29 is 27.8 Å². The molecule has 1 N–H and O–H groups in total. The molecule has 0 aliphatic carbocycles. The summed E-state index contributed by atoms with van der Waals surface area (Å²) in [6, 6.07) is 8.20. The van der Waals surface area contributed by atoms with Gasteiger partial charge in [0.1, 0.15) is 0 Å². The van der Waals surface area contributed by atoms with Gasteiger partial charge in [-0.25, -0.2) is 13.2 Å². The number of esters is 1. The molecule has 5 atom stereocenters. The highest BCUT2D eigenvalue weighted by atomic mass is 32.2. The van der Waals surface area contributed by atoms with Crippen molar-refractivity contribution in [2.75, 3.05) is 12.9 Å². The Morgan fingerprint density at radius 2 is 1.83 bits per heavy atom. The van der Waals surface area contributed by atoms with Crippen LogP contribution >= 0.6 is 0 Å². The Morgan fingerprint density at radius 3 is 2.42 bits per heavy atom. The Labute approximate surface area is 142 Å². The van der Waals surface area contributed by atoms with E-state index in [4.69, 9.17) is 9.47 Å². The van der Waals surface area contributed by atoms with Crippen molar-refractivity contribution in [3.05, 3.63) is 30.3 Å². The minimum absolute atomic E-state index is 0.110. The van der Waals surface area contributed by atoms with E-state index < -0.39 is 40.0 Å². The van der Waals surface area contributed by atoms with Gasteiger partial charge in [0, 0.05) is 11.8 Å². The van der Waals surface area contributed by atoms with E-state index in [0.717, 1.165) is 0 Å². The Morgan fingerprint density at radius 1 is 1.21 bits per heavy atom. The molecular formula is C17H24O6S. The number of hydrogen-bond donors (Lipinski definition) is 1. The lowest BCUT2D eigenvalue weighted by atomic mass is 9.82. The van der Waals surface area contributed by atoms with Gasteiger partial charge in [-0.1, -0.05) is 32.0 Å². The number of ether oxygens (including phenoxy) is 2. The Balaban J connectivity index is 2.09. The molecule has 1 aliphatic heterocycles. The molecule has 1 saturated heterocycles. The standard InChI is InChI=1S/C17H24O6S/c1-11-14(23-16(17(19)22-3)12(2)15(11)18)9-10-24(20,21)13-7-5-4-6-8-13/h4-8,11-12,14-16,18H,9-10H2,1-3H3/t11-,12-,14+,15-,16+/m0/s1. The fraction of sp³-hybridized carbons (Fsp3) is 0.588. The van der Waals surface area contributed by atoms with Gasteiger partial charge in [0.2, 0.25) is 0 Å². The molecule has 1 aliphatic rings. The number of sulfone groups is 1. The van der Waals surface area contributed by atoms with Crippen molar-refractivity contribution in [1.82, 2.24) is 0 Å². The minimum atomic E-state index is -3.44. The molecule has 134 valence electrons. The third-order valence-electron chi connectivity index (χ3n) is 4.67. The molecule has 0 amide bonds. The van der Waals surface area contributed by atoms with Crippen molar-refractivity contribution in [3.63, 3.8) is 0 Å². The second-order valence-electron chi connectivity index (χ2n) is 6.25. The van der Waals surface area contributed by atoms with Gasteiger partial charge in [0.25, 0.3) is 0 Å². The molecule has 2 rings (SSSR count). The first-order valence-electron chi connectivity index (χ1n) is 7.97. The zero-order chi connectivity index (χ0) is 17.9. The first kappa shape index (κ1) is 18.9. The van der Waals surface area contributed by atoms with Crippen molar-refractivity contribution in [1.29, 1.82) is 0 Å². The van der Waals surface area contributed by atoms with Crippen LogP contribution < -0.4 is 0 Å². The summed E-state index contributed by atoms with van der Waals surface area (Å²) in [6.07, 6.45) is -1.97. The average Bonchev–Trinajstić information content (AvgIpc) is 2.59. The molecule has 24 heavy (non-hydrogen) atoms. The largest absolute Gasteiger partial charge is 0.467 e. The summed E-state index contributed by atoms with van der Waals surface area (Å²) < 4.78 is 35.3. The van der Waals surface area contributed by atoms with Crippen LogP contribution in [0.15, 0.2) is 35.2 Å². The second-order valence-corrected chi connectivity index (χ2v) is 8.36. The summed E-state index contributed by atoms with van der Waals surface area (Å²) in [5, 5.41) is 10.3. The SMILES string of the molecule is COC(=O)[C@@H]1O[C@H](CCS(=O)(=O)c2ccccc2)[C@H](C)[C@H](O)[C@@H]1C. The smallest absolute Gasteiger partial charge is 0.335 e. The van der Waals surface area contributed by atoms with E-state index in [1.54, 1.807) is 44.2 Å². The van der Waals surface area contributed by atoms with Crippen molar-refractivity contribution in [2.45, 2.75) is 43.5 Å². The lowest BCUT2D eigenvalue weighted by Crippen LogP contribution is -2.52. The Kier molecular flexibility index (Phi) is 6.01. The van der Waals surface area contributed by atoms with Gasteiger partial charge in [0.05, 0.1) is 30.0 Å². The number of aliphatic hydroxyl groups is 1. The quantitative estimate of drug-likeness (QED) is 0.803. The minimum Gasteiger partial charge on any atom is -0.467 e. The third-order valence-corrected chi connectivity index (χ3v) is 6.43. The summed E-state index contributed by atoms with van der Waals surface area (Å²) in [5.74, 6) is -1.34. The molecule has 1 aromatic rings. The van der Waals surface area contributed by atoms with Crippen LogP contribution in [0.5, 0.6) is 0 Å². The molecule has 7 heteroatoms. The number of carbonyl (C=O) groups is 1. The van der Waals surface area contributed by atoms with Gasteiger partial charge < -0.3 is 14.6 Å². The van der Waals surface area contributed by atoms with Crippen LogP contribution in [0, 0.1) is 11.8 Å². The van der Waals surface area contributed by atoms with Crippen LogP contribution in [-0.4, -0.2) is 50.7 Å². The van der Waals surface area contributed by atoms with Gasteiger partial charge >= 0.3 is 5.97 Å². The van der Waals surface area contributed by atoms with Crippen LogP contribution in [0.25, 0.3) is 0 Å². The van der Waals surface area contributed by atoms with E-state index in [2.05, 4.69) is 0 Å². The predicted octanol–water partition coefficient (Wildman–Crippen LogP) is 1.42. The molecular weight excluding hydrogens is 332 g/mol. The number of carbonyl (C=O) groups excluding carboxylic acids is 1. The maximum absolute atomic E-state index is 12.4. The number of benzene rings is 1. The van der Waals surface area contributed by atoms with Gasteiger partial charge in [-0.15, -0.1) is 0 Å². The lowest BCUT2D eigenvalue weighted by molar-refractivity contribution is -0.193. The monoisotopic (exact) mass is 356 g/mol. The Hall–Kier alpha value is -1.44. The highest BCUT2D eigenvalue weighted by Crippen LogP contribution is 2.32. The van der Waals surface area contributed by atoms with E-state index in [9.17, 15) is 18.3 Å². The second kappa shape index (κ2) is 7.63. The van der Waals surface area contributed by atoms with E-state index in [-0.39, 0.29) is 23.0 Å². The molecule has 0 bridgehead atoms. The van der Waals surface area contributed by atoms with Crippen LogP contribution in [-0.2, 0) is 24.1 Å². The third kappa shape index (κ3) is 3.96. The van der Waals surface area contributed by atoms with E-state index in [0.29, 0.717) is 0 Å². The van der Waals surface area contributed by atoms with Crippen LogP contribution in [0.4, 0.5) is 0 Å². The first-order chi connectivity index (χ1) is 11.3. The summed E-state index contributed by atoms with van der Waals surface area (Å²) in [6.45, 7) is 3.52. The maximum Gasteiger partial charge on any atom is 0.335 e. The highest BCUT2D eigenvalue weighted by molar-refractivity contribution is 7.91. The molecule has 1 fully saturated rings. The van der Waals surface area contributed by atoms with E-state index in [1.165, 1.54) is 7.11 Å². The molecule has 0 aromatic heterocycles. The number of aliphatic hydroxyl groups excluding tert-OH is 1. The summed E-state index contributed by atoms with van der Waals surface area (Å²) in [7, 11) is -2.17. The van der Waals surface area contributed by atoms with Crippen LogP contribution in [0.3, 0.4) is 0 Å². The summed E-state index contributed by atoms with van der Waals surface area (Å²) in [4.78, 5) is 12.1. The molecule has 1 aromatic carbocycles. The molecule has 0 radical (unpaired) electrons. The normalized spacial score (nSPS) is 30.8. The summed E-state index contributed by atoms with van der Waals surface area (Å²) in [5.41, 5.74) is 0. The van der Waals surface area contributed by atoms with Gasteiger partial charge in [-0.2, -0.15) is 0 Å². The number of hydrogen-bond acceptors (Lipinski definition) is 6. The van der Waals surface area contributed by atoms with Crippen molar-refractivity contribution >= 4 is 15.8 Å². The first-order valence-corrected chi connectivity index (χ1v) is 9.62. The zero-order valence-electron chi connectivity index (χ0n) is 14.1. The molecule has 0 unspecified atom stereocenters. The fourth-order valence-electron chi connectivity index (χ4n) is 3.05. The van der Waals surface area contributed by atoms with E-state index >= 15 is 0 Å². The van der Waals surface area contributed by atoms with Gasteiger partial charge in [-0.3, -0.25) is 0 Å². The summed E-state index contributed by atoms with van der Waals surface area (Å²) >= 11 is 0. The molecule has 1 heterocycles. The maximum atomic E-state index is 12.4. The van der Waals surface area contributed by atoms with E-state index in [1.807, 2.05) is 0 Å². The lowest BCUT2D eigenvalue weighted by Gasteiger charge is -2.41. The topological polar surface area (TPSA) is 89.9 Å². The average molecular weight is 356 g/mol. The van der Waals surface area contributed by atoms with Crippen LogP contribution in [0.2, 0.25) is 0 Å².